The van der Waals surface area contributed by atoms with Crippen LogP contribution in [0.1, 0.15) is 34.5 Å². The number of thiophene rings is 1. The number of halogens is 1. The standard InChI is InChI=1S/C12H16BrN3O2S/c1-6-5-9(19-10(6)13)12(17)15-8-4-2-3-7(8)11(14)16-18/h5,7-8,18H,2-4H2,1H3,(H2,14,16)(H,15,17). The molecule has 1 heterocycles. The fraction of sp³-hybridized carbons (Fsp3) is 0.500. The van der Waals surface area contributed by atoms with Crippen LogP contribution in [-0.4, -0.2) is 23.0 Å². The van der Waals surface area contributed by atoms with Crippen molar-refractivity contribution >= 4 is 39.0 Å². The normalized spacial score (nSPS) is 23.6. The molecule has 2 atom stereocenters. The molecule has 104 valence electrons. The highest BCUT2D eigenvalue weighted by Gasteiger charge is 2.32. The van der Waals surface area contributed by atoms with Crippen LogP contribution in [0.2, 0.25) is 0 Å². The average molecular weight is 346 g/mol. The van der Waals surface area contributed by atoms with Gasteiger partial charge in [0.05, 0.1) is 8.66 Å². The van der Waals surface area contributed by atoms with Gasteiger partial charge < -0.3 is 16.3 Å². The van der Waals surface area contributed by atoms with Crippen molar-refractivity contribution < 1.29 is 10.0 Å². The minimum Gasteiger partial charge on any atom is -0.409 e. The summed E-state index contributed by atoms with van der Waals surface area (Å²) in [6.07, 6.45) is 2.67. The molecule has 2 unspecified atom stereocenters. The number of amidine groups is 1. The van der Waals surface area contributed by atoms with E-state index in [1.807, 2.05) is 13.0 Å². The van der Waals surface area contributed by atoms with Gasteiger partial charge in [-0.15, -0.1) is 11.3 Å². The largest absolute Gasteiger partial charge is 0.409 e. The number of carbonyl (C=O) groups excluding carboxylic acids is 1. The molecule has 2 rings (SSSR count). The van der Waals surface area contributed by atoms with Crippen molar-refractivity contribution in [3.63, 3.8) is 0 Å². The third-order valence-electron chi connectivity index (χ3n) is 3.41. The molecule has 7 heteroatoms. The zero-order valence-corrected chi connectivity index (χ0v) is 12.9. The van der Waals surface area contributed by atoms with Gasteiger partial charge in [0.2, 0.25) is 0 Å². The number of oxime groups is 1. The van der Waals surface area contributed by atoms with Crippen molar-refractivity contribution in [1.82, 2.24) is 5.32 Å². The number of nitrogens with two attached hydrogens (primary N) is 1. The Balaban J connectivity index is 2.06. The highest BCUT2D eigenvalue weighted by Crippen LogP contribution is 2.29. The van der Waals surface area contributed by atoms with E-state index >= 15 is 0 Å². The van der Waals surface area contributed by atoms with Crippen molar-refractivity contribution in [2.75, 3.05) is 0 Å². The first-order valence-electron chi connectivity index (χ1n) is 6.07. The summed E-state index contributed by atoms with van der Waals surface area (Å²) in [7, 11) is 0. The summed E-state index contributed by atoms with van der Waals surface area (Å²) in [6, 6.07) is 1.81. The van der Waals surface area contributed by atoms with Crippen LogP contribution in [0.5, 0.6) is 0 Å². The zero-order chi connectivity index (χ0) is 14.0. The number of aryl methyl sites for hydroxylation is 1. The predicted octanol–water partition coefficient (Wildman–Crippen LogP) is 2.46. The molecule has 4 N–H and O–H groups in total. The Labute approximate surface area is 124 Å². The molecule has 19 heavy (non-hydrogen) atoms. The highest BCUT2D eigenvalue weighted by molar-refractivity contribution is 9.11. The van der Waals surface area contributed by atoms with E-state index in [4.69, 9.17) is 10.9 Å². The molecular weight excluding hydrogens is 330 g/mol. The molecule has 1 amide bonds. The van der Waals surface area contributed by atoms with E-state index in [1.165, 1.54) is 11.3 Å². The Hall–Kier alpha value is -1.08. The van der Waals surface area contributed by atoms with Gasteiger partial charge in [0.1, 0.15) is 5.84 Å². The minimum atomic E-state index is -0.0959. The van der Waals surface area contributed by atoms with Gasteiger partial charge in [-0.3, -0.25) is 4.79 Å². The third-order valence-corrected chi connectivity index (χ3v) is 5.54. The summed E-state index contributed by atoms with van der Waals surface area (Å²) in [5.41, 5.74) is 6.71. The number of rotatable bonds is 3. The third kappa shape index (κ3) is 3.09. The molecule has 1 fully saturated rings. The first-order valence-corrected chi connectivity index (χ1v) is 7.68. The van der Waals surface area contributed by atoms with Gasteiger partial charge in [0, 0.05) is 12.0 Å². The monoisotopic (exact) mass is 345 g/mol. The van der Waals surface area contributed by atoms with Crippen molar-refractivity contribution in [2.45, 2.75) is 32.2 Å². The molecule has 1 aromatic heterocycles. The molecule has 1 aliphatic carbocycles. The van der Waals surface area contributed by atoms with E-state index in [2.05, 4.69) is 26.4 Å². The second-order valence-corrected chi connectivity index (χ2v) is 7.08. The van der Waals surface area contributed by atoms with Crippen LogP contribution < -0.4 is 11.1 Å². The number of nitrogens with zero attached hydrogens (tertiary/aromatic N) is 1. The molecule has 0 spiro atoms. The van der Waals surface area contributed by atoms with Crippen molar-refractivity contribution in [3.8, 4) is 0 Å². The predicted molar refractivity (Wildman–Crippen MR) is 78.8 cm³/mol. The fourth-order valence-corrected chi connectivity index (χ4v) is 3.81. The quantitative estimate of drug-likeness (QED) is 0.340. The summed E-state index contributed by atoms with van der Waals surface area (Å²) in [6.45, 7) is 1.95. The lowest BCUT2D eigenvalue weighted by Gasteiger charge is -2.19. The van der Waals surface area contributed by atoms with Crippen molar-refractivity contribution in [2.24, 2.45) is 16.8 Å². The maximum absolute atomic E-state index is 12.2. The van der Waals surface area contributed by atoms with E-state index in [-0.39, 0.29) is 23.7 Å². The molecule has 1 saturated carbocycles. The summed E-state index contributed by atoms with van der Waals surface area (Å²) in [4.78, 5) is 12.8. The lowest BCUT2D eigenvalue weighted by molar-refractivity contribution is 0.0937. The summed E-state index contributed by atoms with van der Waals surface area (Å²) in [5, 5.41) is 14.8. The molecule has 0 saturated heterocycles. The Morgan fingerprint density at radius 1 is 1.63 bits per heavy atom. The second kappa shape index (κ2) is 5.92. The van der Waals surface area contributed by atoms with Crippen LogP contribution >= 0.6 is 27.3 Å². The van der Waals surface area contributed by atoms with Crippen LogP contribution in [0.25, 0.3) is 0 Å². The van der Waals surface area contributed by atoms with Crippen molar-refractivity contribution in [3.05, 3.63) is 20.3 Å². The molecule has 5 nitrogen and oxygen atoms in total. The number of hydrogen-bond donors (Lipinski definition) is 3. The molecule has 0 radical (unpaired) electrons. The number of nitrogens with one attached hydrogen (secondary N) is 1. The summed E-state index contributed by atoms with van der Waals surface area (Å²) < 4.78 is 0.969. The maximum atomic E-state index is 12.2. The molecule has 0 aliphatic heterocycles. The van der Waals surface area contributed by atoms with Crippen LogP contribution in [0.4, 0.5) is 0 Å². The van der Waals surface area contributed by atoms with Crippen LogP contribution in [0.3, 0.4) is 0 Å². The SMILES string of the molecule is Cc1cc(C(=O)NC2CCCC2C(N)=NO)sc1Br. The first-order chi connectivity index (χ1) is 9.02. The average Bonchev–Trinajstić information content (AvgIpc) is 2.96. The highest BCUT2D eigenvalue weighted by atomic mass is 79.9. The Bertz CT molecular complexity index is 496. The smallest absolute Gasteiger partial charge is 0.261 e. The molecule has 0 aromatic carbocycles. The topological polar surface area (TPSA) is 87.7 Å². The Kier molecular flexibility index (Phi) is 4.46. The van der Waals surface area contributed by atoms with E-state index in [0.717, 1.165) is 28.6 Å². The van der Waals surface area contributed by atoms with Crippen LogP contribution in [0.15, 0.2) is 15.0 Å². The molecular formula is C12H16BrN3O2S. The Morgan fingerprint density at radius 3 is 2.95 bits per heavy atom. The number of amides is 1. The van der Waals surface area contributed by atoms with Gasteiger partial charge in [0.25, 0.3) is 5.91 Å². The molecule has 1 aromatic rings. The lowest BCUT2D eigenvalue weighted by atomic mass is 10.0. The van der Waals surface area contributed by atoms with Gasteiger partial charge in [-0.05, 0) is 47.3 Å². The summed E-state index contributed by atoms with van der Waals surface area (Å²) >= 11 is 4.82. The van der Waals surface area contributed by atoms with Gasteiger partial charge in [-0.1, -0.05) is 11.6 Å². The molecule has 0 bridgehead atoms. The van der Waals surface area contributed by atoms with E-state index in [0.29, 0.717) is 4.88 Å². The van der Waals surface area contributed by atoms with Crippen LogP contribution in [-0.2, 0) is 0 Å². The lowest BCUT2D eigenvalue weighted by Crippen LogP contribution is -2.42. The second-order valence-electron chi connectivity index (χ2n) is 4.71. The van der Waals surface area contributed by atoms with E-state index < -0.39 is 0 Å². The van der Waals surface area contributed by atoms with Gasteiger partial charge >= 0.3 is 0 Å². The van der Waals surface area contributed by atoms with E-state index in [1.54, 1.807) is 0 Å². The first kappa shape index (κ1) is 14.3. The van der Waals surface area contributed by atoms with E-state index in [9.17, 15) is 4.79 Å². The zero-order valence-electron chi connectivity index (χ0n) is 10.5. The Morgan fingerprint density at radius 2 is 2.37 bits per heavy atom. The van der Waals surface area contributed by atoms with Gasteiger partial charge in [-0.2, -0.15) is 0 Å². The maximum Gasteiger partial charge on any atom is 0.261 e. The molecule has 1 aliphatic rings. The number of hydrogen-bond acceptors (Lipinski definition) is 4. The van der Waals surface area contributed by atoms with Crippen LogP contribution in [0, 0.1) is 12.8 Å². The number of carbonyl (C=O) groups is 1. The summed E-state index contributed by atoms with van der Waals surface area (Å²) in [5.74, 6) is 0.0335. The van der Waals surface area contributed by atoms with Gasteiger partial charge in [0.15, 0.2) is 0 Å². The van der Waals surface area contributed by atoms with Crippen molar-refractivity contribution in [1.29, 1.82) is 0 Å². The minimum absolute atomic E-state index is 0.0513. The van der Waals surface area contributed by atoms with Gasteiger partial charge in [-0.25, -0.2) is 0 Å². The fourth-order valence-electron chi connectivity index (χ4n) is 2.37.